The van der Waals surface area contributed by atoms with Gasteiger partial charge in [-0.25, -0.2) is 0 Å². The molecule has 0 aromatic heterocycles. The molecule has 5 nitrogen and oxygen atoms in total. The molecule has 0 saturated heterocycles. The molecule has 0 aliphatic heterocycles. The topological polar surface area (TPSA) is 73.2 Å². The monoisotopic (exact) mass is 337 g/mol. The van der Waals surface area contributed by atoms with Crippen LogP contribution in [-0.4, -0.2) is 22.1 Å². The highest BCUT2D eigenvalue weighted by Gasteiger charge is 2.11. The second-order valence-electron chi connectivity index (χ2n) is 5.56. The summed E-state index contributed by atoms with van der Waals surface area (Å²) in [5, 5.41) is 29.1. The molecule has 3 aromatic carbocycles. The maximum Gasteiger partial charge on any atom is 0.128 e. The van der Waals surface area contributed by atoms with Crippen LogP contribution in [0, 0.1) is 0 Å². The molecule has 0 heterocycles. The SMILES string of the molecule is OCN(Cc1cc(Oc2ccc(O)cc2)ccc1O)c1ccccc1. The van der Waals surface area contributed by atoms with Gasteiger partial charge in [-0.05, 0) is 54.6 Å². The van der Waals surface area contributed by atoms with E-state index >= 15 is 0 Å². The number of aliphatic hydroxyl groups excluding tert-OH is 1. The van der Waals surface area contributed by atoms with E-state index < -0.39 is 0 Å². The van der Waals surface area contributed by atoms with Crippen LogP contribution in [-0.2, 0) is 6.54 Å². The van der Waals surface area contributed by atoms with Crippen LogP contribution in [0.2, 0.25) is 0 Å². The Hall–Kier alpha value is -3.18. The largest absolute Gasteiger partial charge is 0.508 e. The van der Waals surface area contributed by atoms with Crippen LogP contribution < -0.4 is 9.64 Å². The van der Waals surface area contributed by atoms with E-state index in [-0.39, 0.29) is 18.2 Å². The first-order valence-electron chi connectivity index (χ1n) is 7.85. The lowest BCUT2D eigenvalue weighted by molar-refractivity contribution is 0.289. The molecule has 0 aliphatic rings. The molecule has 0 aliphatic carbocycles. The second kappa shape index (κ2) is 7.59. The number of hydrogen-bond acceptors (Lipinski definition) is 5. The zero-order chi connectivity index (χ0) is 17.6. The lowest BCUT2D eigenvalue weighted by Gasteiger charge is -2.23. The van der Waals surface area contributed by atoms with Crippen molar-refractivity contribution >= 4 is 5.69 Å². The summed E-state index contributed by atoms with van der Waals surface area (Å²) in [5.41, 5.74) is 1.49. The van der Waals surface area contributed by atoms with Crippen LogP contribution in [0.25, 0.3) is 0 Å². The summed E-state index contributed by atoms with van der Waals surface area (Å²) < 4.78 is 5.75. The summed E-state index contributed by atoms with van der Waals surface area (Å²) in [6, 6.07) is 20.8. The summed E-state index contributed by atoms with van der Waals surface area (Å²) >= 11 is 0. The quantitative estimate of drug-likeness (QED) is 0.596. The fourth-order valence-electron chi connectivity index (χ4n) is 2.47. The highest BCUT2D eigenvalue weighted by Crippen LogP contribution is 2.29. The van der Waals surface area contributed by atoms with Gasteiger partial charge in [0.25, 0.3) is 0 Å². The van der Waals surface area contributed by atoms with Crippen LogP contribution in [0.1, 0.15) is 5.56 Å². The van der Waals surface area contributed by atoms with Gasteiger partial charge in [-0.15, -0.1) is 0 Å². The molecule has 0 radical (unpaired) electrons. The molecule has 25 heavy (non-hydrogen) atoms. The molecule has 128 valence electrons. The van der Waals surface area contributed by atoms with Crippen LogP contribution >= 0.6 is 0 Å². The Morgan fingerprint density at radius 2 is 1.48 bits per heavy atom. The predicted molar refractivity (Wildman–Crippen MR) is 96.0 cm³/mol. The third-order valence-electron chi connectivity index (χ3n) is 3.78. The van der Waals surface area contributed by atoms with Crippen molar-refractivity contribution in [2.45, 2.75) is 6.54 Å². The fourth-order valence-corrected chi connectivity index (χ4v) is 2.47. The fraction of sp³-hybridized carbons (Fsp3) is 0.100. The molecule has 0 fully saturated rings. The molecule has 0 unspecified atom stereocenters. The average molecular weight is 337 g/mol. The lowest BCUT2D eigenvalue weighted by Crippen LogP contribution is -2.23. The first-order valence-corrected chi connectivity index (χ1v) is 7.85. The number of nitrogens with zero attached hydrogens (tertiary/aromatic N) is 1. The molecule has 3 N–H and O–H groups in total. The molecule has 0 atom stereocenters. The number of para-hydroxylation sites is 1. The Morgan fingerprint density at radius 1 is 0.800 bits per heavy atom. The number of ether oxygens (including phenoxy) is 1. The average Bonchev–Trinajstić information content (AvgIpc) is 2.64. The third kappa shape index (κ3) is 4.22. The van der Waals surface area contributed by atoms with Gasteiger partial charge in [0.1, 0.15) is 29.7 Å². The van der Waals surface area contributed by atoms with E-state index in [9.17, 15) is 15.3 Å². The van der Waals surface area contributed by atoms with Crippen molar-refractivity contribution in [1.82, 2.24) is 0 Å². The predicted octanol–water partition coefficient (Wildman–Crippen LogP) is 3.85. The van der Waals surface area contributed by atoms with Crippen molar-refractivity contribution in [3.8, 4) is 23.0 Å². The Labute approximate surface area is 146 Å². The Morgan fingerprint density at radius 3 is 2.16 bits per heavy atom. The van der Waals surface area contributed by atoms with Gasteiger partial charge in [-0.3, -0.25) is 0 Å². The zero-order valence-electron chi connectivity index (χ0n) is 13.5. The molecular weight excluding hydrogens is 318 g/mol. The first kappa shape index (κ1) is 16.7. The van der Waals surface area contributed by atoms with Crippen molar-refractivity contribution in [2.75, 3.05) is 11.6 Å². The van der Waals surface area contributed by atoms with E-state index in [2.05, 4.69) is 0 Å². The molecule has 0 amide bonds. The molecular formula is C20H19NO4. The number of rotatable bonds is 6. The number of phenols is 2. The lowest BCUT2D eigenvalue weighted by atomic mass is 10.1. The first-order chi connectivity index (χ1) is 12.2. The minimum atomic E-state index is -0.174. The van der Waals surface area contributed by atoms with Crippen molar-refractivity contribution in [1.29, 1.82) is 0 Å². The molecule has 0 saturated carbocycles. The summed E-state index contributed by atoms with van der Waals surface area (Å²) in [6.45, 7) is 0.158. The molecule has 3 rings (SSSR count). The molecule has 3 aromatic rings. The standard InChI is InChI=1S/C20H19NO4/c22-14-21(16-4-2-1-3-5-16)13-15-12-19(10-11-20(15)24)25-18-8-6-17(23)7-9-18/h1-12,22-24H,13-14H2. The van der Waals surface area contributed by atoms with E-state index in [4.69, 9.17) is 4.74 Å². The minimum absolute atomic E-state index is 0.132. The zero-order valence-corrected chi connectivity index (χ0v) is 13.5. The van der Waals surface area contributed by atoms with Gasteiger partial charge >= 0.3 is 0 Å². The number of anilines is 1. The Kier molecular flexibility index (Phi) is 5.06. The molecule has 0 spiro atoms. The van der Waals surface area contributed by atoms with E-state index in [1.165, 1.54) is 0 Å². The van der Waals surface area contributed by atoms with E-state index in [1.807, 2.05) is 30.3 Å². The normalized spacial score (nSPS) is 10.4. The van der Waals surface area contributed by atoms with Gasteiger partial charge in [0, 0.05) is 17.8 Å². The second-order valence-corrected chi connectivity index (χ2v) is 5.56. The van der Waals surface area contributed by atoms with Crippen molar-refractivity contribution in [3.05, 3.63) is 78.4 Å². The van der Waals surface area contributed by atoms with Crippen molar-refractivity contribution in [3.63, 3.8) is 0 Å². The highest BCUT2D eigenvalue weighted by atomic mass is 16.5. The van der Waals surface area contributed by atoms with Gasteiger partial charge in [-0.2, -0.15) is 0 Å². The number of phenolic OH excluding ortho intramolecular Hbond substituents is 2. The number of benzene rings is 3. The van der Waals surface area contributed by atoms with E-state index in [0.717, 1.165) is 5.69 Å². The van der Waals surface area contributed by atoms with Crippen LogP contribution in [0.3, 0.4) is 0 Å². The van der Waals surface area contributed by atoms with Crippen LogP contribution in [0.4, 0.5) is 5.69 Å². The Balaban J connectivity index is 1.80. The van der Waals surface area contributed by atoms with Crippen LogP contribution in [0.5, 0.6) is 23.0 Å². The van der Waals surface area contributed by atoms with Gasteiger partial charge in [0.15, 0.2) is 0 Å². The van der Waals surface area contributed by atoms with E-state index in [1.54, 1.807) is 47.4 Å². The summed E-state index contributed by atoms with van der Waals surface area (Å²) in [5.74, 6) is 1.44. The van der Waals surface area contributed by atoms with Gasteiger partial charge in [0.2, 0.25) is 0 Å². The van der Waals surface area contributed by atoms with Gasteiger partial charge in [-0.1, -0.05) is 18.2 Å². The minimum Gasteiger partial charge on any atom is -0.508 e. The molecule has 0 bridgehead atoms. The van der Waals surface area contributed by atoms with Gasteiger partial charge < -0.3 is 25.0 Å². The van der Waals surface area contributed by atoms with E-state index in [0.29, 0.717) is 23.6 Å². The summed E-state index contributed by atoms with van der Waals surface area (Å²) in [4.78, 5) is 1.74. The maximum absolute atomic E-state index is 10.1. The number of hydrogen-bond donors (Lipinski definition) is 3. The molecule has 5 heteroatoms. The third-order valence-corrected chi connectivity index (χ3v) is 3.78. The van der Waals surface area contributed by atoms with Crippen LogP contribution in [0.15, 0.2) is 72.8 Å². The number of aliphatic hydroxyl groups is 1. The number of aromatic hydroxyl groups is 2. The summed E-state index contributed by atoms with van der Waals surface area (Å²) in [7, 11) is 0. The van der Waals surface area contributed by atoms with Gasteiger partial charge in [0.05, 0.1) is 0 Å². The summed E-state index contributed by atoms with van der Waals surface area (Å²) in [6.07, 6.45) is 0. The smallest absolute Gasteiger partial charge is 0.128 e. The Bertz CT molecular complexity index is 819. The maximum atomic E-state index is 10.1. The highest BCUT2D eigenvalue weighted by molar-refractivity contribution is 5.49. The van der Waals surface area contributed by atoms with Crippen molar-refractivity contribution in [2.24, 2.45) is 0 Å². The van der Waals surface area contributed by atoms with Crippen molar-refractivity contribution < 1.29 is 20.1 Å².